The molecule has 0 aliphatic carbocycles. The van der Waals surface area contributed by atoms with Gasteiger partial charge in [-0.1, -0.05) is 23.9 Å². The number of hydrogen-bond acceptors (Lipinski definition) is 7. The smallest absolute Gasteiger partial charge is 0.318 e. The van der Waals surface area contributed by atoms with Gasteiger partial charge in [0.1, 0.15) is 16.7 Å². The molecule has 1 heterocycles. The number of nitrogens with zero attached hydrogens (tertiary/aromatic N) is 3. The Morgan fingerprint density at radius 2 is 1.86 bits per heavy atom. The van der Waals surface area contributed by atoms with E-state index < -0.39 is 5.25 Å². The topological polar surface area (TPSA) is 75.5 Å². The lowest BCUT2D eigenvalue weighted by Gasteiger charge is -2.13. The highest BCUT2D eigenvalue weighted by Crippen LogP contribution is 2.32. The van der Waals surface area contributed by atoms with Crippen LogP contribution >= 0.6 is 11.8 Å². The summed E-state index contributed by atoms with van der Waals surface area (Å²) in [5.41, 5.74) is 1.71. The van der Waals surface area contributed by atoms with Gasteiger partial charge in [-0.15, -0.1) is 10.2 Å². The summed E-state index contributed by atoms with van der Waals surface area (Å²) in [5, 5.41) is 8.89. The largest absolute Gasteiger partial charge is 0.497 e. The van der Waals surface area contributed by atoms with Crippen molar-refractivity contribution in [1.29, 1.82) is 0 Å². The zero-order valence-electron chi connectivity index (χ0n) is 16.8. The molecule has 29 heavy (non-hydrogen) atoms. The monoisotopic (exact) mass is 413 g/mol. The molecule has 0 amide bonds. The first-order chi connectivity index (χ1) is 14.1. The van der Waals surface area contributed by atoms with Gasteiger partial charge in [0.05, 0.1) is 20.8 Å². The lowest BCUT2D eigenvalue weighted by atomic mass is 10.2. The minimum Gasteiger partial charge on any atom is -0.497 e. The van der Waals surface area contributed by atoms with Crippen molar-refractivity contribution in [3.63, 3.8) is 0 Å². The third-order valence-electron chi connectivity index (χ3n) is 4.18. The van der Waals surface area contributed by atoms with E-state index in [0.717, 1.165) is 22.7 Å². The average Bonchev–Trinajstić information content (AvgIpc) is 3.17. The van der Waals surface area contributed by atoms with Crippen molar-refractivity contribution in [2.75, 3.05) is 20.8 Å². The molecule has 1 atom stereocenters. The van der Waals surface area contributed by atoms with E-state index in [-0.39, 0.29) is 5.97 Å². The van der Waals surface area contributed by atoms with E-state index in [1.54, 1.807) is 14.0 Å². The zero-order valence-corrected chi connectivity index (χ0v) is 17.6. The normalized spacial score (nSPS) is 11.7. The zero-order chi connectivity index (χ0) is 20.8. The van der Waals surface area contributed by atoms with E-state index in [1.807, 2.05) is 60.0 Å². The SMILES string of the molecule is CCOc1ccc(-n2c(S[C@@H](C)C(=O)OC)nnc2-c2cccc(OC)c2)cc1. The molecule has 0 spiro atoms. The van der Waals surface area contributed by atoms with Crippen molar-refractivity contribution in [3.8, 4) is 28.6 Å². The Balaban J connectivity index is 2.07. The van der Waals surface area contributed by atoms with Crippen LogP contribution in [0.1, 0.15) is 13.8 Å². The van der Waals surface area contributed by atoms with Crippen LogP contribution in [0.5, 0.6) is 11.5 Å². The molecular weight excluding hydrogens is 390 g/mol. The first-order valence-corrected chi connectivity index (χ1v) is 10.0. The lowest BCUT2D eigenvalue weighted by molar-refractivity contribution is -0.139. The molecule has 3 aromatic rings. The second-order valence-corrected chi connectivity index (χ2v) is 7.39. The quantitative estimate of drug-likeness (QED) is 0.408. The number of rotatable bonds is 8. The van der Waals surface area contributed by atoms with Gasteiger partial charge < -0.3 is 14.2 Å². The first-order valence-electron chi connectivity index (χ1n) is 9.15. The van der Waals surface area contributed by atoms with Crippen LogP contribution in [0.2, 0.25) is 0 Å². The van der Waals surface area contributed by atoms with Gasteiger partial charge in [-0.2, -0.15) is 0 Å². The van der Waals surface area contributed by atoms with Crippen molar-refractivity contribution in [2.45, 2.75) is 24.3 Å². The summed E-state index contributed by atoms with van der Waals surface area (Å²) in [6.45, 7) is 4.31. The molecule has 0 saturated carbocycles. The Bertz CT molecular complexity index is 972. The highest BCUT2D eigenvalue weighted by Gasteiger charge is 2.22. The average molecular weight is 413 g/mol. The van der Waals surface area contributed by atoms with Gasteiger partial charge in [-0.25, -0.2) is 0 Å². The van der Waals surface area contributed by atoms with E-state index >= 15 is 0 Å². The van der Waals surface area contributed by atoms with E-state index in [9.17, 15) is 4.79 Å². The fraction of sp³-hybridized carbons (Fsp3) is 0.286. The third kappa shape index (κ3) is 4.71. The molecule has 7 nitrogen and oxygen atoms in total. The van der Waals surface area contributed by atoms with E-state index in [2.05, 4.69) is 10.2 Å². The third-order valence-corrected chi connectivity index (χ3v) is 5.20. The van der Waals surface area contributed by atoms with Crippen LogP contribution in [0, 0.1) is 0 Å². The number of methoxy groups -OCH3 is 2. The fourth-order valence-electron chi connectivity index (χ4n) is 2.76. The maximum atomic E-state index is 11.9. The minimum atomic E-state index is -0.427. The van der Waals surface area contributed by atoms with Gasteiger partial charge in [0.2, 0.25) is 0 Å². The van der Waals surface area contributed by atoms with Gasteiger partial charge in [0.15, 0.2) is 11.0 Å². The highest BCUT2D eigenvalue weighted by molar-refractivity contribution is 8.00. The molecule has 0 bridgehead atoms. The molecule has 0 aliphatic rings. The summed E-state index contributed by atoms with van der Waals surface area (Å²) in [5.74, 6) is 1.83. The fourth-order valence-corrected chi connectivity index (χ4v) is 3.65. The number of ether oxygens (including phenoxy) is 3. The van der Waals surface area contributed by atoms with Gasteiger partial charge in [-0.3, -0.25) is 9.36 Å². The van der Waals surface area contributed by atoms with Crippen molar-refractivity contribution >= 4 is 17.7 Å². The van der Waals surface area contributed by atoms with Crippen LogP contribution in [-0.2, 0) is 9.53 Å². The number of thioether (sulfide) groups is 1. The van der Waals surface area contributed by atoms with Crippen LogP contribution < -0.4 is 9.47 Å². The van der Waals surface area contributed by atoms with E-state index in [0.29, 0.717) is 17.6 Å². The minimum absolute atomic E-state index is 0.320. The molecule has 1 aromatic heterocycles. The highest BCUT2D eigenvalue weighted by atomic mass is 32.2. The van der Waals surface area contributed by atoms with Gasteiger partial charge in [-0.05, 0) is 50.2 Å². The summed E-state index contributed by atoms with van der Waals surface area (Å²) in [6.07, 6.45) is 0. The summed E-state index contributed by atoms with van der Waals surface area (Å²) in [4.78, 5) is 11.9. The van der Waals surface area contributed by atoms with Crippen molar-refractivity contribution in [1.82, 2.24) is 14.8 Å². The van der Waals surface area contributed by atoms with Crippen molar-refractivity contribution in [2.24, 2.45) is 0 Å². The van der Waals surface area contributed by atoms with Crippen LogP contribution in [0.4, 0.5) is 0 Å². The molecule has 0 N–H and O–H groups in total. The summed E-state index contributed by atoms with van der Waals surface area (Å²) >= 11 is 1.29. The van der Waals surface area contributed by atoms with Crippen LogP contribution in [0.25, 0.3) is 17.1 Å². The van der Waals surface area contributed by atoms with Gasteiger partial charge >= 0.3 is 5.97 Å². The standard InChI is InChI=1S/C21H23N3O4S/c1-5-28-17-11-9-16(10-12-17)24-19(15-7-6-8-18(13-15)26-3)22-23-21(24)29-14(2)20(25)27-4/h6-14H,5H2,1-4H3/t14-/m0/s1. The van der Waals surface area contributed by atoms with Crippen LogP contribution in [-0.4, -0.2) is 46.8 Å². The maximum Gasteiger partial charge on any atom is 0.318 e. The molecule has 0 radical (unpaired) electrons. The first kappa shape index (κ1) is 20.7. The van der Waals surface area contributed by atoms with Crippen molar-refractivity contribution in [3.05, 3.63) is 48.5 Å². The van der Waals surface area contributed by atoms with E-state index in [4.69, 9.17) is 14.2 Å². The molecule has 0 saturated heterocycles. The molecule has 0 aliphatic heterocycles. The second-order valence-electron chi connectivity index (χ2n) is 6.08. The lowest BCUT2D eigenvalue weighted by Crippen LogP contribution is -2.15. The Morgan fingerprint density at radius 3 is 2.52 bits per heavy atom. The number of carbonyl (C=O) groups excluding carboxylic acids is 1. The summed E-state index contributed by atoms with van der Waals surface area (Å²) in [6, 6.07) is 15.3. The maximum absolute atomic E-state index is 11.9. The Labute approximate surface area is 174 Å². The van der Waals surface area contributed by atoms with Crippen LogP contribution in [0.3, 0.4) is 0 Å². The number of aromatic nitrogens is 3. The molecule has 2 aromatic carbocycles. The van der Waals surface area contributed by atoms with E-state index in [1.165, 1.54) is 18.9 Å². The predicted octanol–water partition coefficient (Wildman–Crippen LogP) is 4.00. The Hall–Kier alpha value is -3.00. The summed E-state index contributed by atoms with van der Waals surface area (Å²) in [7, 11) is 2.99. The van der Waals surface area contributed by atoms with Crippen molar-refractivity contribution < 1.29 is 19.0 Å². The predicted molar refractivity (Wildman–Crippen MR) is 112 cm³/mol. The number of esters is 1. The molecule has 3 rings (SSSR count). The molecule has 0 fully saturated rings. The molecule has 0 unspecified atom stereocenters. The number of carbonyl (C=O) groups is 1. The molecule has 152 valence electrons. The molecular formula is C21H23N3O4S. The van der Waals surface area contributed by atoms with Crippen LogP contribution in [0.15, 0.2) is 53.7 Å². The second kappa shape index (κ2) is 9.47. The number of benzene rings is 2. The van der Waals surface area contributed by atoms with Gasteiger partial charge in [0.25, 0.3) is 0 Å². The summed E-state index contributed by atoms with van der Waals surface area (Å²) < 4.78 is 17.6. The Kier molecular flexibility index (Phi) is 6.77. The Morgan fingerprint density at radius 1 is 1.10 bits per heavy atom. The number of hydrogen-bond donors (Lipinski definition) is 0. The van der Waals surface area contributed by atoms with Gasteiger partial charge in [0, 0.05) is 11.3 Å². The molecule has 8 heteroatoms.